The van der Waals surface area contributed by atoms with Crippen molar-refractivity contribution in [2.24, 2.45) is 5.10 Å². The van der Waals surface area contributed by atoms with Crippen LogP contribution in [0.25, 0.3) is 0 Å². The smallest absolute Gasteiger partial charge is 0.267 e. The molecule has 0 atom stereocenters. The van der Waals surface area contributed by atoms with Crippen LogP contribution in [0.3, 0.4) is 0 Å². The molecule has 3 nitrogen and oxygen atoms in total. The Morgan fingerprint density at radius 3 is 2.32 bits per heavy atom. The van der Waals surface area contributed by atoms with E-state index in [1.165, 1.54) is 11.1 Å². The molecule has 2 aromatic carbocycles. The van der Waals surface area contributed by atoms with Crippen LogP contribution in [0.15, 0.2) is 59.7 Å². The molecule has 22 heavy (non-hydrogen) atoms. The Morgan fingerprint density at radius 1 is 1.00 bits per heavy atom. The van der Waals surface area contributed by atoms with E-state index in [0.29, 0.717) is 5.56 Å². The molecule has 0 spiro atoms. The fourth-order valence-electron chi connectivity index (χ4n) is 2.13. The lowest BCUT2D eigenvalue weighted by atomic mass is 10.1. The molecular formula is C19H22N2O. The van der Waals surface area contributed by atoms with Crippen LogP contribution in [0.5, 0.6) is 0 Å². The van der Waals surface area contributed by atoms with Gasteiger partial charge in [-0.2, -0.15) is 5.10 Å². The van der Waals surface area contributed by atoms with Crippen LogP contribution in [0.1, 0.15) is 41.8 Å². The lowest BCUT2D eigenvalue weighted by molar-refractivity contribution is 0.0954. The molecule has 0 fully saturated rings. The number of hydrogen-bond acceptors (Lipinski definition) is 2. The number of rotatable bonds is 6. The molecule has 1 N–H and O–H groups in total. The summed E-state index contributed by atoms with van der Waals surface area (Å²) in [4.78, 5) is 12.0. The standard InChI is InChI=1S/C19H22N2O/c1-3-16-11-13-18(14-12-16)19(22)21-20-15(2)9-10-17-7-5-4-6-8-17/h4-8,11-14H,3,9-10H2,1-2H3,(H,21,22). The molecule has 0 radical (unpaired) electrons. The van der Waals surface area contributed by atoms with Gasteiger partial charge in [0.1, 0.15) is 0 Å². The largest absolute Gasteiger partial charge is 0.271 e. The maximum Gasteiger partial charge on any atom is 0.271 e. The predicted octanol–water partition coefficient (Wildman–Crippen LogP) is 3.99. The van der Waals surface area contributed by atoms with Crippen molar-refractivity contribution in [3.63, 3.8) is 0 Å². The van der Waals surface area contributed by atoms with Crippen molar-refractivity contribution in [3.8, 4) is 0 Å². The second-order valence-corrected chi connectivity index (χ2v) is 5.32. The van der Waals surface area contributed by atoms with Gasteiger partial charge in [0, 0.05) is 11.3 Å². The Hall–Kier alpha value is -2.42. The van der Waals surface area contributed by atoms with Crippen LogP contribution in [-0.4, -0.2) is 11.6 Å². The highest BCUT2D eigenvalue weighted by Gasteiger charge is 2.04. The minimum Gasteiger partial charge on any atom is -0.267 e. The minimum atomic E-state index is -0.165. The number of carbonyl (C=O) groups is 1. The summed E-state index contributed by atoms with van der Waals surface area (Å²) in [6.07, 6.45) is 2.73. The van der Waals surface area contributed by atoms with Gasteiger partial charge in [0.15, 0.2) is 0 Å². The highest BCUT2D eigenvalue weighted by Crippen LogP contribution is 2.06. The molecule has 0 aliphatic rings. The molecule has 0 aromatic heterocycles. The SMILES string of the molecule is CCc1ccc(C(=O)NN=C(C)CCc2ccccc2)cc1. The molecule has 0 heterocycles. The fourth-order valence-corrected chi connectivity index (χ4v) is 2.13. The Kier molecular flexibility index (Phi) is 5.90. The Balaban J connectivity index is 1.85. The molecule has 0 saturated heterocycles. The molecule has 2 aromatic rings. The van der Waals surface area contributed by atoms with Gasteiger partial charge in [0.2, 0.25) is 0 Å². The summed E-state index contributed by atoms with van der Waals surface area (Å²) in [5.74, 6) is -0.165. The highest BCUT2D eigenvalue weighted by molar-refractivity contribution is 5.95. The van der Waals surface area contributed by atoms with E-state index in [0.717, 1.165) is 25.0 Å². The monoisotopic (exact) mass is 294 g/mol. The van der Waals surface area contributed by atoms with Crippen LogP contribution < -0.4 is 5.43 Å². The van der Waals surface area contributed by atoms with Crippen LogP contribution in [0, 0.1) is 0 Å². The summed E-state index contributed by atoms with van der Waals surface area (Å²) in [6, 6.07) is 17.9. The molecule has 0 saturated carbocycles. The van der Waals surface area contributed by atoms with E-state index >= 15 is 0 Å². The van der Waals surface area contributed by atoms with Crippen molar-refractivity contribution in [2.45, 2.75) is 33.1 Å². The van der Waals surface area contributed by atoms with Crippen LogP contribution >= 0.6 is 0 Å². The summed E-state index contributed by atoms with van der Waals surface area (Å²) in [7, 11) is 0. The molecule has 114 valence electrons. The molecular weight excluding hydrogens is 272 g/mol. The number of hydrogen-bond donors (Lipinski definition) is 1. The summed E-state index contributed by atoms with van der Waals surface area (Å²) >= 11 is 0. The number of amides is 1. The van der Waals surface area contributed by atoms with E-state index in [1.807, 2.05) is 49.4 Å². The summed E-state index contributed by atoms with van der Waals surface area (Å²) in [5.41, 5.74) is 6.67. The number of benzene rings is 2. The van der Waals surface area contributed by atoms with Gasteiger partial charge in [-0.05, 0) is 49.4 Å². The number of hydrazone groups is 1. The zero-order valence-corrected chi connectivity index (χ0v) is 13.2. The van der Waals surface area contributed by atoms with Crippen LogP contribution in [0.4, 0.5) is 0 Å². The summed E-state index contributed by atoms with van der Waals surface area (Å²) in [6.45, 7) is 4.03. The number of aryl methyl sites for hydroxylation is 2. The summed E-state index contributed by atoms with van der Waals surface area (Å²) in [5, 5.41) is 4.18. The lowest BCUT2D eigenvalue weighted by Gasteiger charge is -2.04. The average Bonchev–Trinajstić information content (AvgIpc) is 2.58. The first-order valence-corrected chi connectivity index (χ1v) is 7.65. The first kappa shape index (κ1) is 16.0. The van der Waals surface area contributed by atoms with E-state index < -0.39 is 0 Å². The van der Waals surface area contributed by atoms with E-state index in [4.69, 9.17) is 0 Å². The first-order valence-electron chi connectivity index (χ1n) is 7.65. The van der Waals surface area contributed by atoms with Crippen molar-refractivity contribution >= 4 is 11.6 Å². The Morgan fingerprint density at radius 2 is 1.68 bits per heavy atom. The van der Waals surface area contributed by atoms with Gasteiger partial charge in [-0.25, -0.2) is 5.43 Å². The van der Waals surface area contributed by atoms with Gasteiger partial charge in [0.05, 0.1) is 0 Å². The molecule has 2 rings (SSSR count). The molecule has 0 aliphatic heterocycles. The van der Waals surface area contributed by atoms with Crippen LogP contribution in [0.2, 0.25) is 0 Å². The third kappa shape index (κ3) is 4.85. The molecule has 3 heteroatoms. The van der Waals surface area contributed by atoms with Crippen molar-refractivity contribution < 1.29 is 4.79 Å². The predicted molar refractivity (Wildman–Crippen MR) is 91.2 cm³/mol. The van der Waals surface area contributed by atoms with Gasteiger partial charge in [-0.15, -0.1) is 0 Å². The second kappa shape index (κ2) is 8.13. The van der Waals surface area contributed by atoms with E-state index in [-0.39, 0.29) is 5.91 Å². The summed E-state index contributed by atoms with van der Waals surface area (Å²) < 4.78 is 0. The topological polar surface area (TPSA) is 41.5 Å². The van der Waals surface area contributed by atoms with Crippen molar-refractivity contribution in [1.82, 2.24) is 5.43 Å². The zero-order valence-electron chi connectivity index (χ0n) is 13.2. The molecule has 0 bridgehead atoms. The van der Waals surface area contributed by atoms with Gasteiger partial charge in [-0.3, -0.25) is 4.79 Å². The molecule has 1 amide bonds. The highest BCUT2D eigenvalue weighted by atomic mass is 16.2. The lowest BCUT2D eigenvalue weighted by Crippen LogP contribution is -2.19. The average molecular weight is 294 g/mol. The quantitative estimate of drug-likeness (QED) is 0.635. The Bertz CT molecular complexity index is 630. The molecule has 0 aliphatic carbocycles. The van der Waals surface area contributed by atoms with Crippen molar-refractivity contribution in [2.75, 3.05) is 0 Å². The number of nitrogens with zero attached hydrogens (tertiary/aromatic N) is 1. The normalized spacial score (nSPS) is 11.3. The minimum absolute atomic E-state index is 0.165. The second-order valence-electron chi connectivity index (χ2n) is 5.32. The van der Waals surface area contributed by atoms with Crippen LogP contribution in [-0.2, 0) is 12.8 Å². The van der Waals surface area contributed by atoms with Gasteiger partial charge in [-0.1, -0.05) is 49.4 Å². The van der Waals surface area contributed by atoms with Gasteiger partial charge in [0.25, 0.3) is 5.91 Å². The maximum atomic E-state index is 12.0. The van der Waals surface area contributed by atoms with E-state index in [1.54, 1.807) is 0 Å². The number of nitrogens with one attached hydrogen (secondary N) is 1. The van der Waals surface area contributed by atoms with Gasteiger partial charge < -0.3 is 0 Å². The fraction of sp³-hybridized carbons (Fsp3) is 0.263. The molecule has 0 unspecified atom stereocenters. The number of carbonyl (C=O) groups excluding carboxylic acids is 1. The third-order valence-electron chi connectivity index (χ3n) is 3.59. The first-order chi connectivity index (χ1) is 10.7. The maximum absolute atomic E-state index is 12.0. The zero-order chi connectivity index (χ0) is 15.8. The third-order valence-corrected chi connectivity index (χ3v) is 3.59. The Labute approximate surface area is 132 Å². The van der Waals surface area contributed by atoms with Crippen molar-refractivity contribution in [1.29, 1.82) is 0 Å². The van der Waals surface area contributed by atoms with Crippen molar-refractivity contribution in [3.05, 3.63) is 71.3 Å². The van der Waals surface area contributed by atoms with Gasteiger partial charge >= 0.3 is 0 Å². The van der Waals surface area contributed by atoms with E-state index in [2.05, 4.69) is 29.6 Å². The van der Waals surface area contributed by atoms with E-state index in [9.17, 15) is 4.79 Å².